The predicted molar refractivity (Wildman–Crippen MR) is 113 cm³/mol. The van der Waals surface area contributed by atoms with Gasteiger partial charge in [0.1, 0.15) is 0 Å². The Morgan fingerprint density at radius 3 is 1.54 bits per heavy atom. The highest BCUT2D eigenvalue weighted by Crippen LogP contribution is 2.24. The lowest BCUT2D eigenvalue weighted by atomic mass is 9.91. The zero-order valence-electron chi connectivity index (χ0n) is 13.8. The van der Waals surface area contributed by atoms with Gasteiger partial charge in [-0.05, 0) is 34.6 Å². The van der Waals surface area contributed by atoms with Crippen LogP contribution >= 0.6 is 18.5 Å². The molecule has 0 aliphatic heterocycles. The van der Waals surface area contributed by atoms with Gasteiger partial charge >= 0.3 is 0 Å². The largest absolute Gasteiger partial charge is 0.287 e. The van der Waals surface area contributed by atoms with Gasteiger partial charge in [-0.15, -0.1) is 18.5 Å². The molecule has 0 spiro atoms. The smallest absolute Gasteiger partial charge is 0.0723 e. The van der Waals surface area contributed by atoms with E-state index in [0.717, 1.165) is 12.8 Å². The number of hydrogen-bond donors (Lipinski definition) is 0. The molecule has 4 unspecified atom stereocenters. The molecule has 0 amide bonds. The van der Waals surface area contributed by atoms with Crippen LogP contribution in [0.3, 0.4) is 0 Å². The topological polar surface area (TPSA) is 24.7 Å². The maximum Gasteiger partial charge on any atom is 0.0723 e. The number of benzene rings is 2. The Bertz CT molecular complexity index is 676. The third-order valence-electron chi connectivity index (χ3n) is 4.50. The minimum atomic E-state index is 0.288. The highest BCUT2D eigenvalue weighted by atomic mass is 31.0. The molecular formula is C20H24N2P2. The van der Waals surface area contributed by atoms with Crippen molar-refractivity contribution in [3.63, 3.8) is 0 Å². The first-order valence-corrected chi connectivity index (χ1v) is 9.65. The van der Waals surface area contributed by atoms with Crippen LogP contribution in [0.4, 0.5) is 0 Å². The molecule has 0 heterocycles. The van der Waals surface area contributed by atoms with Gasteiger partial charge < -0.3 is 0 Å². The molecule has 0 saturated heterocycles. The van der Waals surface area contributed by atoms with Gasteiger partial charge in [0.25, 0.3) is 0 Å². The van der Waals surface area contributed by atoms with E-state index in [9.17, 15) is 0 Å². The van der Waals surface area contributed by atoms with Crippen LogP contribution in [0, 0.1) is 0 Å². The third-order valence-corrected chi connectivity index (χ3v) is 5.55. The Hall–Kier alpha value is -1.36. The quantitative estimate of drug-likeness (QED) is 0.593. The highest BCUT2D eigenvalue weighted by molar-refractivity contribution is 7.28. The van der Waals surface area contributed by atoms with Gasteiger partial charge in [-0.2, -0.15) is 0 Å². The molecule has 1 fully saturated rings. The average molecular weight is 354 g/mol. The number of aliphatic imine (C=N–C) groups is 2. The zero-order valence-corrected chi connectivity index (χ0v) is 16.1. The van der Waals surface area contributed by atoms with Gasteiger partial charge in [0.15, 0.2) is 0 Å². The molecule has 4 heteroatoms. The molecule has 0 bridgehead atoms. The van der Waals surface area contributed by atoms with E-state index in [0.29, 0.717) is 0 Å². The van der Waals surface area contributed by atoms with Crippen molar-refractivity contribution in [3.05, 3.63) is 59.7 Å². The molecule has 0 N–H and O–H groups in total. The second-order valence-corrected chi connectivity index (χ2v) is 7.48. The molecule has 124 valence electrons. The monoisotopic (exact) mass is 354 g/mol. The summed E-state index contributed by atoms with van der Waals surface area (Å²) in [6.07, 6.45) is 8.78. The molecule has 4 atom stereocenters. The van der Waals surface area contributed by atoms with E-state index in [-0.39, 0.29) is 12.1 Å². The summed E-state index contributed by atoms with van der Waals surface area (Å²) < 4.78 is 0. The van der Waals surface area contributed by atoms with Crippen molar-refractivity contribution in [2.24, 2.45) is 9.98 Å². The van der Waals surface area contributed by atoms with Crippen LogP contribution < -0.4 is 10.6 Å². The second kappa shape index (κ2) is 8.65. The average Bonchev–Trinajstić information content (AvgIpc) is 2.61. The summed E-state index contributed by atoms with van der Waals surface area (Å²) in [6.45, 7) is 0. The lowest BCUT2D eigenvalue weighted by Gasteiger charge is -2.25. The summed E-state index contributed by atoms with van der Waals surface area (Å²) in [5.41, 5.74) is 2.34. The van der Waals surface area contributed by atoms with E-state index >= 15 is 0 Å². The molecule has 0 aromatic heterocycles. The Morgan fingerprint density at radius 2 is 1.12 bits per heavy atom. The van der Waals surface area contributed by atoms with Crippen LogP contribution in [-0.2, 0) is 0 Å². The normalized spacial score (nSPS) is 21.6. The van der Waals surface area contributed by atoms with Crippen LogP contribution in [0.2, 0.25) is 0 Å². The molecule has 3 rings (SSSR count). The Balaban J connectivity index is 1.74. The maximum atomic E-state index is 4.87. The SMILES string of the molecule is Pc1ccccc1/C=N/C1CCCCC1/N=C/c1ccccc1P. The van der Waals surface area contributed by atoms with Crippen LogP contribution in [0.1, 0.15) is 36.8 Å². The summed E-state index contributed by atoms with van der Waals surface area (Å²) in [4.78, 5) is 9.75. The minimum absolute atomic E-state index is 0.288. The lowest BCUT2D eigenvalue weighted by molar-refractivity contribution is 0.390. The van der Waals surface area contributed by atoms with Gasteiger partial charge in [-0.1, -0.05) is 61.4 Å². The zero-order chi connectivity index (χ0) is 16.8. The third kappa shape index (κ3) is 4.59. The number of rotatable bonds is 4. The molecule has 2 aromatic carbocycles. The molecule has 1 aliphatic rings. The van der Waals surface area contributed by atoms with Crippen molar-refractivity contribution in [2.75, 3.05) is 0 Å². The van der Waals surface area contributed by atoms with Gasteiger partial charge in [0, 0.05) is 12.4 Å². The maximum absolute atomic E-state index is 4.87. The molecule has 2 nitrogen and oxygen atoms in total. The fourth-order valence-electron chi connectivity index (χ4n) is 3.05. The summed E-state index contributed by atoms with van der Waals surface area (Å²) in [6, 6.07) is 17.2. The molecule has 0 radical (unpaired) electrons. The van der Waals surface area contributed by atoms with E-state index in [1.54, 1.807) is 0 Å². The van der Waals surface area contributed by atoms with Crippen LogP contribution in [0.5, 0.6) is 0 Å². The highest BCUT2D eigenvalue weighted by Gasteiger charge is 2.23. The van der Waals surface area contributed by atoms with E-state index < -0.39 is 0 Å². The van der Waals surface area contributed by atoms with Crippen molar-refractivity contribution in [1.82, 2.24) is 0 Å². The molecule has 1 saturated carbocycles. The van der Waals surface area contributed by atoms with Gasteiger partial charge in [-0.3, -0.25) is 9.98 Å². The summed E-state index contributed by atoms with van der Waals surface area (Å²) in [5, 5.41) is 2.38. The standard InChI is InChI=1S/C20H24N2P2/c23-19-11-5-1-7-15(19)13-21-17-9-3-4-10-18(17)22-14-16-8-2-6-12-20(16)24/h1-2,5-8,11-14,17-18H,3-4,9-10,23-24H2/b21-13+,22-14+. The van der Waals surface area contributed by atoms with Crippen molar-refractivity contribution >= 4 is 41.5 Å². The van der Waals surface area contributed by atoms with E-state index in [1.165, 1.54) is 34.6 Å². The van der Waals surface area contributed by atoms with E-state index in [1.807, 2.05) is 24.6 Å². The second-order valence-electron chi connectivity index (χ2n) is 6.23. The van der Waals surface area contributed by atoms with Gasteiger partial charge in [0.05, 0.1) is 12.1 Å². The minimum Gasteiger partial charge on any atom is -0.287 e. The molecule has 24 heavy (non-hydrogen) atoms. The van der Waals surface area contributed by atoms with Crippen molar-refractivity contribution in [3.8, 4) is 0 Å². The van der Waals surface area contributed by atoms with Crippen LogP contribution in [-0.4, -0.2) is 24.5 Å². The Morgan fingerprint density at radius 1 is 0.708 bits per heavy atom. The predicted octanol–water partition coefficient (Wildman–Crippen LogP) is 3.54. The Labute approximate surface area is 149 Å². The van der Waals surface area contributed by atoms with Crippen molar-refractivity contribution in [1.29, 1.82) is 0 Å². The van der Waals surface area contributed by atoms with Crippen LogP contribution in [0.15, 0.2) is 58.5 Å². The first-order chi connectivity index (χ1) is 11.7. The number of nitrogens with zero attached hydrogens (tertiary/aromatic N) is 2. The van der Waals surface area contributed by atoms with Gasteiger partial charge in [-0.25, -0.2) is 0 Å². The van der Waals surface area contributed by atoms with Crippen molar-refractivity contribution < 1.29 is 0 Å². The fourth-order valence-corrected chi connectivity index (χ4v) is 3.61. The van der Waals surface area contributed by atoms with Crippen molar-refractivity contribution in [2.45, 2.75) is 37.8 Å². The Kier molecular flexibility index (Phi) is 6.30. The molecule has 1 aliphatic carbocycles. The summed E-state index contributed by atoms with van der Waals surface area (Å²) >= 11 is 0. The number of hydrogen-bond acceptors (Lipinski definition) is 2. The van der Waals surface area contributed by atoms with E-state index in [2.05, 4.69) is 54.9 Å². The summed E-state index contributed by atoms with van der Waals surface area (Å²) in [7, 11) is 5.55. The van der Waals surface area contributed by atoms with Gasteiger partial charge in [0.2, 0.25) is 0 Å². The van der Waals surface area contributed by atoms with Crippen LogP contribution in [0.25, 0.3) is 0 Å². The summed E-state index contributed by atoms with van der Waals surface area (Å²) in [5.74, 6) is 0. The molecular weight excluding hydrogens is 330 g/mol. The molecule has 2 aromatic rings. The van der Waals surface area contributed by atoms with E-state index in [4.69, 9.17) is 9.98 Å². The first kappa shape index (κ1) is 17.5. The lowest BCUT2D eigenvalue weighted by Crippen LogP contribution is -2.27. The fraction of sp³-hybridized carbons (Fsp3) is 0.300. The first-order valence-electron chi connectivity index (χ1n) is 8.49.